The molecule has 0 aromatic heterocycles. The maximum atomic E-state index is 11.8. The third-order valence-corrected chi connectivity index (χ3v) is 7.27. The van der Waals surface area contributed by atoms with Gasteiger partial charge in [0.25, 0.3) is 0 Å². The van der Waals surface area contributed by atoms with Crippen LogP contribution in [0.5, 0.6) is 5.75 Å². The van der Waals surface area contributed by atoms with Gasteiger partial charge in [-0.05, 0) is 39.4 Å². The molecule has 0 heterocycles. The van der Waals surface area contributed by atoms with E-state index in [1.807, 2.05) is 115 Å². The Morgan fingerprint density at radius 3 is 1.04 bits per heavy atom. The number of hydrogen-bond acceptors (Lipinski definition) is 1. The van der Waals surface area contributed by atoms with E-state index in [-0.39, 0.29) is 32.5 Å². The van der Waals surface area contributed by atoms with Gasteiger partial charge in [0.15, 0.2) is 0 Å². The molecule has 0 amide bonds. The first kappa shape index (κ1) is 38.9. The summed E-state index contributed by atoms with van der Waals surface area (Å²) in [5.41, 5.74) is 8.18. The van der Waals surface area contributed by atoms with Gasteiger partial charge in [0.05, 0.1) is 0 Å². The Morgan fingerprint density at radius 1 is 0.469 bits per heavy atom. The van der Waals surface area contributed by atoms with Crippen molar-refractivity contribution < 1.29 is 26.8 Å². The minimum Gasteiger partial charge on any atom is -0.507 e. The number of allylic oxidation sites excluding steroid dienone is 4. The first-order valence-electron chi connectivity index (χ1n) is 16.5. The summed E-state index contributed by atoms with van der Waals surface area (Å²) in [6.45, 7) is 12.8. The van der Waals surface area contributed by atoms with Crippen molar-refractivity contribution in [1.82, 2.24) is 0 Å². The molecule has 0 saturated carbocycles. The molecule has 0 spiro atoms. The Hall–Kier alpha value is -4.56. The molecule has 6 aromatic rings. The second kappa shape index (κ2) is 18.8. The van der Waals surface area contributed by atoms with Gasteiger partial charge in [-0.2, -0.15) is 18.2 Å². The summed E-state index contributed by atoms with van der Waals surface area (Å²) in [6, 6.07) is 53.0. The molecular formula is C47H47OTi-3. The summed E-state index contributed by atoms with van der Waals surface area (Å²) in [5.74, 6) is 0.303. The molecule has 0 saturated heterocycles. The van der Waals surface area contributed by atoms with Crippen molar-refractivity contribution in [2.24, 2.45) is 10.8 Å². The van der Waals surface area contributed by atoms with Crippen LogP contribution in [0.4, 0.5) is 0 Å². The van der Waals surface area contributed by atoms with Crippen LogP contribution in [0.3, 0.4) is 0 Å². The quantitative estimate of drug-likeness (QED) is 0.110. The summed E-state index contributed by atoms with van der Waals surface area (Å²) in [5, 5.41) is 11.8. The van der Waals surface area contributed by atoms with E-state index < -0.39 is 0 Å². The van der Waals surface area contributed by atoms with E-state index in [2.05, 4.69) is 108 Å². The van der Waals surface area contributed by atoms with Crippen molar-refractivity contribution in [2.45, 2.75) is 41.5 Å². The molecule has 0 fully saturated rings. The molecule has 1 nitrogen and oxygen atoms in total. The van der Waals surface area contributed by atoms with Gasteiger partial charge in [-0.15, -0.1) is 10.8 Å². The molecular weight excluding hydrogens is 628 g/mol. The van der Waals surface area contributed by atoms with Gasteiger partial charge >= 0.3 is 0 Å². The average Bonchev–Trinajstić information content (AvgIpc) is 3.68. The van der Waals surface area contributed by atoms with Gasteiger partial charge in [-0.25, -0.2) is 12.1 Å². The standard InChI is InChI=1S/C30H22O.C12H20.C5H5.Ti/c31-30-28(24-17-9-3-10-18-24)26(22-13-5-1-6-14-22)21-27(23-15-7-2-8-16-23)29(30)25-19-11-4-12-20-25;1-11(2,3)9-7-8-10-12(4,5)6;1-2-4-5-3-1;/h1-21,31H;7-8H,1-6H3;1-5H;/q;-2;-1;. The van der Waals surface area contributed by atoms with E-state index in [1.54, 1.807) is 0 Å². The summed E-state index contributed by atoms with van der Waals surface area (Å²) in [6.07, 6.45) is 10.4. The fraction of sp³-hybridized carbons (Fsp3) is 0.170. The van der Waals surface area contributed by atoms with Crippen LogP contribution in [0, 0.1) is 23.0 Å². The molecule has 0 aliphatic heterocycles. The van der Waals surface area contributed by atoms with E-state index in [1.165, 1.54) is 0 Å². The van der Waals surface area contributed by atoms with Crippen molar-refractivity contribution in [3.63, 3.8) is 0 Å². The van der Waals surface area contributed by atoms with Crippen LogP contribution in [0.25, 0.3) is 44.5 Å². The molecule has 6 rings (SSSR count). The van der Waals surface area contributed by atoms with Crippen molar-refractivity contribution in [3.8, 4) is 50.3 Å². The maximum absolute atomic E-state index is 11.8. The van der Waals surface area contributed by atoms with E-state index in [9.17, 15) is 5.11 Å². The SMILES string of the molecule is CC(C)(C)[C-]=CC=[C-]C(C)(C)C.Oc1c(-c2ccccc2)c(-c2ccccc2)cc(-c2ccccc2)c1-c1ccccc1.[Ti].c1cc[cH-]c1. The molecule has 0 bridgehead atoms. The van der Waals surface area contributed by atoms with Crippen LogP contribution in [-0.2, 0) is 21.7 Å². The molecule has 0 aliphatic carbocycles. The largest absolute Gasteiger partial charge is 0.507 e. The van der Waals surface area contributed by atoms with Crippen LogP contribution < -0.4 is 0 Å². The smallest absolute Gasteiger partial charge is 0.132 e. The molecule has 1 N–H and O–H groups in total. The Bertz CT molecular complexity index is 1700. The molecule has 248 valence electrons. The third-order valence-electron chi connectivity index (χ3n) is 7.27. The maximum Gasteiger partial charge on any atom is 0.132 e. The predicted molar refractivity (Wildman–Crippen MR) is 206 cm³/mol. The van der Waals surface area contributed by atoms with Crippen LogP contribution >= 0.6 is 0 Å². The van der Waals surface area contributed by atoms with Crippen LogP contribution in [-0.4, -0.2) is 5.11 Å². The van der Waals surface area contributed by atoms with E-state index in [0.29, 0.717) is 5.75 Å². The number of phenols is 1. The second-order valence-electron chi connectivity index (χ2n) is 13.6. The molecule has 0 aliphatic rings. The van der Waals surface area contributed by atoms with Gasteiger partial charge in [0, 0.05) is 32.8 Å². The zero-order valence-corrected chi connectivity index (χ0v) is 31.2. The Balaban J connectivity index is 0.000000300. The van der Waals surface area contributed by atoms with Crippen LogP contribution in [0.2, 0.25) is 0 Å². The number of rotatable bonds is 5. The van der Waals surface area contributed by atoms with Crippen molar-refractivity contribution in [1.29, 1.82) is 0 Å². The van der Waals surface area contributed by atoms with Crippen LogP contribution in [0.15, 0.2) is 170 Å². The zero-order chi connectivity index (χ0) is 34.4. The Morgan fingerprint density at radius 2 is 0.776 bits per heavy atom. The summed E-state index contributed by atoms with van der Waals surface area (Å²) >= 11 is 0. The van der Waals surface area contributed by atoms with Crippen LogP contribution in [0.1, 0.15) is 41.5 Å². The van der Waals surface area contributed by atoms with Crippen molar-refractivity contribution in [2.75, 3.05) is 0 Å². The van der Waals surface area contributed by atoms with Gasteiger partial charge in [-0.1, -0.05) is 163 Å². The summed E-state index contributed by atoms with van der Waals surface area (Å²) in [7, 11) is 0. The summed E-state index contributed by atoms with van der Waals surface area (Å²) < 4.78 is 0. The van der Waals surface area contributed by atoms with Gasteiger partial charge < -0.3 is 29.4 Å². The Kier molecular flexibility index (Phi) is 15.0. The minimum absolute atomic E-state index is 0. The molecule has 6 aromatic carbocycles. The Labute approximate surface area is 310 Å². The van der Waals surface area contributed by atoms with Crippen molar-refractivity contribution in [3.05, 3.63) is 182 Å². The normalized spacial score (nSPS) is 11.2. The van der Waals surface area contributed by atoms with Crippen molar-refractivity contribution >= 4 is 0 Å². The number of hydrogen-bond donors (Lipinski definition) is 1. The van der Waals surface area contributed by atoms with E-state index in [4.69, 9.17) is 0 Å². The van der Waals surface area contributed by atoms with Gasteiger partial charge in [0.2, 0.25) is 0 Å². The molecule has 0 atom stereocenters. The molecule has 0 radical (unpaired) electrons. The minimum atomic E-state index is 0. The molecule has 2 heteroatoms. The monoisotopic (exact) mass is 675 g/mol. The van der Waals surface area contributed by atoms with Gasteiger partial charge in [0.1, 0.15) is 5.75 Å². The predicted octanol–water partition coefficient (Wildman–Crippen LogP) is 13.3. The first-order valence-corrected chi connectivity index (χ1v) is 16.5. The number of benzene rings is 5. The second-order valence-corrected chi connectivity index (χ2v) is 13.6. The average molecular weight is 676 g/mol. The summed E-state index contributed by atoms with van der Waals surface area (Å²) in [4.78, 5) is 0. The molecule has 49 heavy (non-hydrogen) atoms. The number of aromatic hydroxyl groups is 1. The van der Waals surface area contributed by atoms with Gasteiger partial charge in [-0.3, -0.25) is 0 Å². The topological polar surface area (TPSA) is 20.2 Å². The zero-order valence-electron chi connectivity index (χ0n) is 29.6. The van der Waals surface area contributed by atoms with E-state index >= 15 is 0 Å². The van der Waals surface area contributed by atoms with E-state index in [0.717, 1.165) is 44.5 Å². The third kappa shape index (κ3) is 12.4. The fourth-order valence-corrected chi connectivity index (χ4v) is 5.06. The fourth-order valence-electron chi connectivity index (χ4n) is 5.06. The molecule has 0 unspecified atom stereocenters. The number of phenolic OH excluding ortho intramolecular Hbond substituents is 1. The first-order chi connectivity index (χ1) is 23.0.